The lowest BCUT2D eigenvalue weighted by Gasteiger charge is -2.22. The highest BCUT2D eigenvalue weighted by Crippen LogP contribution is 2.18. The smallest absolute Gasteiger partial charge is 0.157 e. The third kappa shape index (κ3) is 4.66. The van der Waals surface area contributed by atoms with E-state index in [0.717, 1.165) is 29.7 Å². The Bertz CT molecular complexity index is 337. The Kier molecular flexibility index (Phi) is 5.29. The van der Waals surface area contributed by atoms with Crippen molar-refractivity contribution in [2.75, 3.05) is 19.8 Å². The van der Waals surface area contributed by atoms with Gasteiger partial charge in [0.15, 0.2) is 6.29 Å². The van der Waals surface area contributed by atoms with Gasteiger partial charge in [-0.1, -0.05) is 22.0 Å². The first-order chi connectivity index (χ1) is 8.34. The van der Waals surface area contributed by atoms with Gasteiger partial charge >= 0.3 is 0 Å². The van der Waals surface area contributed by atoms with Crippen molar-refractivity contribution in [1.82, 2.24) is 0 Å². The monoisotopic (exact) mass is 300 g/mol. The molecule has 0 radical (unpaired) electrons. The molecule has 0 aromatic heterocycles. The Labute approximate surface area is 110 Å². The molecule has 0 bridgehead atoms. The van der Waals surface area contributed by atoms with E-state index in [4.69, 9.17) is 14.2 Å². The van der Waals surface area contributed by atoms with Gasteiger partial charge in [0.05, 0.1) is 6.61 Å². The molecule has 1 fully saturated rings. The molecule has 0 N–H and O–H groups in total. The van der Waals surface area contributed by atoms with E-state index >= 15 is 0 Å². The summed E-state index contributed by atoms with van der Waals surface area (Å²) in [5.74, 6) is 0.854. The van der Waals surface area contributed by atoms with Crippen LogP contribution in [0.15, 0.2) is 28.7 Å². The molecule has 1 atom stereocenters. The molecule has 1 aliphatic heterocycles. The zero-order chi connectivity index (χ0) is 11.9. The molecule has 0 aliphatic carbocycles. The topological polar surface area (TPSA) is 27.7 Å². The van der Waals surface area contributed by atoms with Crippen molar-refractivity contribution in [3.8, 4) is 5.75 Å². The van der Waals surface area contributed by atoms with E-state index in [0.29, 0.717) is 13.2 Å². The molecule has 0 spiro atoms. The molecular formula is C13H17BrO3. The summed E-state index contributed by atoms with van der Waals surface area (Å²) in [5, 5.41) is 0. The van der Waals surface area contributed by atoms with Crippen molar-refractivity contribution in [2.45, 2.75) is 25.6 Å². The van der Waals surface area contributed by atoms with Crippen molar-refractivity contribution in [2.24, 2.45) is 0 Å². The molecule has 1 aromatic rings. The summed E-state index contributed by atoms with van der Waals surface area (Å²) in [6.45, 7) is 1.94. The molecule has 0 saturated carbocycles. The lowest BCUT2D eigenvalue weighted by atomic mass is 10.2. The largest absolute Gasteiger partial charge is 0.491 e. The fourth-order valence-corrected chi connectivity index (χ4v) is 2.12. The Hall–Kier alpha value is -0.580. The van der Waals surface area contributed by atoms with Crippen LogP contribution in [-0.2, 0) is 9.47 Å². The van der Waals surface area contributed by atoms with E-state index in [2.05, 4.69) is 15.9 Å². The maximum atomic E-state index is 5.58. The number of ether oxygens (including phenoxy) is 3. The third-order valence-electron chi connectivity index (χ3n) is 2.59. The molecule has 1 unspecified atom stereocenters. The van der Waals surface area contributed by atoms with Gasteiger partial charge in [-0.15, -0.1) is 0 Å². The summed E-state index contributed by atoms with van der Waals surface area (Å²) in [7, 11) is 0. The normalized spacial score (nSPS) is 20.2. The molecular weight excluding hydrogens is 284 g/mol. The first-order valence-electron chi connectivity index (χ1n) is 5.96. The molecule has 4 heteroatoms. The summed E-state index contributed by atoms with van der Waals surface area (Å²) in [5.41, 5.74) is 0. The molecule has 1 aromatic carbocycles. The highest BCUT2D eigenvalue weighted by Gasteiger charge is 2.13. The molecule has 1 saturated heterocycles. The fraction of sp³-hybridized carbons (Fsp3) is 0.538. The Morgan fingerprint density at radius 2 is 2.24 bits per heavy atom. The van der Waals surface area contributed by atoms with E-state index in [-0.39, 0.29) is 6.29 Å². The van der Waals surface area contributed by atoms with E-state index in [9.17, 15) is 0 Å². The first kappa shape index (κ1) is 12.9. The van der Waals surface area contributed by atoms with Gasteiger partial charge in [-0.2, -0.15) is 0 Å². The van der Waals surface area contributed by atoms with Crippen molar-refractivity contribution in [3.05, 3.63) is 28.7 Å². The minimum absolute atomic E-state index is 0.0325. The zero-order valence-electron chi connectivity index (χ0n) is 9.73. The van der Waals surface area contributed by atoms with Crippen LogP contribution in [0.1, 0.15) is 19.3 Å². The van der Waals surface area contributed by atoms with Crippen molar-refractivity contribution in [3.63, 3.8) is 0 Å². The number of hydrogen-bond acceptors (Lipinski definition) is 3. The molecule has 94 valence electrons. The van der Waals surface area contributed by atoms with Crippen LogP contribution >= 0.6 is 15.9 Å². The summed E-state index contributed by atoms with van der Waals surface area (Å²) >= 11 is 3.40. The minimum Gasteiger partial charge on any atom is -0.491 e. The van der Waals surface area contributed by atoms with Crippen LogP contribution in [0.25, 0.3) is 0 Å². The van der Waals surface area contributed by atoms with Gasteiger partial charge in [-0.25, -0.2) is 0 Å². The average molecular weight is 301 g/mol. The predicted octanol–water partition coefficient (Wildman–Crippen LogP) is 3.37. The molecule has 1 heterocycles. The molecule has 1 aliphatic rings. The van der Waals surface area contributed by atoms with Gasteiger partial charge in [-0.05, 0) is 37.5 Å². The van der Waals surface area contributed by atoms with E-state index in [1.165, 1.54) is 6.42 Å². The van der Waals surface area contributed by atoms with Crippen molar-refractivity contribution in [1.29, 1.82) is 0 Å². The van der Waals surface area contributed by atoms with Gasteiger partial charge in [0.25, 0.3) is 0 Å². The first-order valence-corrected chi connectivity index (χ1v) is 6.75. The van der Waals surface area contributed by atoms with Gasteiger partial charge in [0, 0.05) is 11.1 Å². The van der Waals surface area contributed by atoms with Gasteiger partial charge in [0.1, 0.15) is 12.4 Å². The highest BCUT2D eigenvalue weighted by atomic mass is 79.9. The number of hydrogen-bond donors (Lipinski definition) is 0. The van der Waals surface area contributed by atoms with Crippen LogP contribution in [0.3, 0.4) is 0 Å². The summed E-state index contributed by atoms with van der Waals surface area (Å²) < 4.78 is 17.6. The average Bonchev–Trinajstić information content (AvgIpc) is 2.36. The Morgan fingerprint density at radius 1 is 1.29 bits per heavy atom. The molecule has 3 nitrogen and oxygen atoms in total. The third-order valence-corrected chi connectivity index (χ3v) is 3.08. The van der Waals surface area contributed by atoms with E-state index < -0.39 is 0 Å². The predicted molar refractivity (Wildman–Crippen MR) is 69.2 cm³/mol. The molecule has 2 rings (SSSR count). The molecule has 0 amide bonds. The van der Waals surface area contributed by atoms with Crippen molar-refractivity contribution >= 4 is 15.9 Å². The van der Waals surface area contributed by atoms with Crippen LogP contribution in [0.5, 0.6) is 5.75 Å². The number of benzene rings is 1. The highest BCUT2D eigenvalue weighted by molar-refractivity contribution is 9.10. The van der Waals surface area contributed by atoms with Crippen LogP contribution in [0.2, 0.25) is 0 Å². The Morgan fingerprint density at radius 3 is 3.00 bits per heavy atom. The number of rotatable bonds is 5. The maximum Gasteiger partial charge on any atom is 0.157 e. The van der Waals surface area contributed by atoms with Crippen LogP contribution in [0.4, 0.5) is 0 Å². The van der Waals surface area contributed by atoms with Crippen LogP contribution in [-0.4, -0.2) is 26.1 Å². The maximum absolute atomic E-state index is 5.58. The zero-order valence-corrected chi connectivity index (χ0v) is 11.3. The standard InChI is InChI=1S/C13H17BrO3/c14-11-4-3-5-12(10-11)15-8-9-17-13-6-1-2-7-16-13/h3-5,10,13H,1-2,6-9H2. The Balaban J connectivity index is 1.62. The van der Waals surface area contributed by atoms with Gasteiger partial charge in [0.2, 0.25) is 0 Å². The fourth-order valence-electron chi connectivity index (χ4n) is 1.74. The second-order valence-electron chi connectivity index (χ2n) is 3.97. The molecule has 17 heavy (non-hydrogen) atoms. The minimum atomic E-state index is -0.0325. The summed E-state index contributed by atoms with van der Waals surface area (Å²) in [6.07, 6.45) is 3.30. The second kappa shape index (κ2) is 6.99. The summed E-state index contributed by atoms with van der Waals surface area (Å²) in [4.78, 5) is 0. The summed E-state index contributed by atoms with van der Waals surface area (Å²) in [6, 6.07) is 7.79. The van der Waals surface area contributed by atoms with Crippen LogP contribution < -0.4 is 4.74 Å². The van der Waals surface area contributed by atoms with E-state index in [1.54, 1.807) is 0 Å². The van der Waals surface area contributed by atoms with Crippen molar-refractivity contribution < 1.29 is 14.2 Å². The number of halogens is 1. The SMILES string of the molecule is Brc1cccc(OCCOC2CCCCO2)c1. The lowest BCUT2D eigenvalue weighted by Crippen LogP contribution is -2.24. The quantitative estimate of drug-likeness (QED) is 0.780. The van der Waals surface area contributed by atoms with Crippen LogP contribution in [0, 0.1) is 0 Å². The second-order valence-corrected chi connectivity index (χ2v) is 4.89. The van der Waals surface area contributed by atoms with Gasteiger partial charge in [-0.3, -0.25) is 0 Å². The van der Waals surface area contributed by atoms with E-state index in [1.807, 2.05) is 24.3 Å². The lowest BCUT2D eigenvalue weighted by molar-refractivity contribution is -0.165. The van der Waals surface area contributed by atoms with Gasteiger partial charge < -0.3 is 14.2 Å².